The molecule has 1 saturated carbocycles. The number of carbonyl (C=O) groups excluding carboxylic acids is 1. The highest BCUT2D eigenvalue weighted by atomic mass is 19.4. The normalized spacial score (nSPS) is 20.2. The van der Waals surface area contributed by atoms with Gasteiger partial charge in [0, 0.05) is 63.6 Å². The minimum Gasteiger partial charge on any atom is -0.369 e. The Balaban J connectivity index is 0.966. The summed E-state index contributed by atoms with van der Waals surface area (Å²) in [6, 6.07) is 11.8. The van der Waals surface area contributed by atoms with Gasteiger partial charge in [-0.3, -0.25) is 9.69 Å². The average molecular weight is 544 g/mol. The number of alkyl halides is 3. The molecule has 1 amide bonds. The Morgan fingerprint density at radius 2 is 1.67 bits per heavy atom. The van der Waals surface area contributed by atoms with Crippen LogP contribution in [-0.2, 0) is 16.4 Å². The largest absolute Gasteiger partial charge is 0.417 e. The van der Waals surface area contributed by atoms with Gasteiger partial charge in [0.2, 0.25) is 5.91 Å². The van der Waals surface area contributed by atoms with Gasteiger partial charge in [-0.2, -0.15) is 13.2 Å². The van der Waals surface area contributed by atoms with Gasteiger partial charge in [0.1, 0.15) is 5.82 Å². The Bertz CT molecular complexity index is 1090. The molecule has 3 fully saturated rings. The number of nitrogens with one attached hydrogen (secondary N) is 1. The van der Waals surface area contributed by atoms with Crippen LogP contribution in [0.1, 0.15) is 63.0 Å². The molecular weight excluding hydrogens is 503 g/mol. The molecule has 1 aliphatic carbocycles. The molecule has 1 aromatic heterocycles. The fourth-order valence-corrected chi connectivity index (χ4v) is 6.01. The SMILES string of the molecule is CCC1(c2ccc(N3CCN(CCCC(=O)NC4CCN(c5ccc(C(F)(F)F)cn5)CC4)CC3)cc2)CC1. The van der Waals surface area contributed by atoms with Crippen LogP contribution in [0.2, 0.25) is 0 Å². The van der Waals surface area contributed by atoms with E-state index < -0.39 is 11.7 Å². The first-order valence-electron chi connectivity index (χ1n) is 14.4. The molecule has 0 unspecified atom stereocenters. The molecule has 0 spiro atoms. The number of hydrogen-bond donors (Lipinski definition) is 1. The predicted molar refractivity (Wildman–Crippen MR) is 148 cm³/mol. The second-order valence-electron chi connectivity index (χ2n) is 11.3. The summed E-state index contributed by atoms with van der Waals surface area (Å²) in [6.07, 6.45) is 3.26. The molecule has 0 radical (unpaired) electrons. The lowest BCUT2D eigenvalue weighted by Crippen LogP contribution is -2.47. The van der Waals surface area contributed by atoms with Crippen molar-refractivity contribution in [2.24, 2.45) is 0 Å². The zero-order chi connectivity index (χ0) is 27.5. The maximum absolute atomic E-state index is 12.8. The lowest BCUT2D eigenvalue weighted by molar-refractivity contribution is -0.137. The van der Waals surface area contributed by atoms with Gasteiger partial charge in [-0.25, -0.2) is 4.98 Å². The maximum Gasteiger partial charge on any atom is 0.417 e. The van der Waals surface area contributed by atoms with Crippen LogP contribution in [0.5, 0.6) is 0 Å². The molecule has 2 saturated heterocycles. The van der Waals surface area contributed by atoms with Crippen LogP contribution in [0.4, 0.5) is 24.7 Å². The monoisotopic (exact) mass is 543 g/mol. The van der Waals surface area contributed by atoms with Crippen LogP contribution >= 0.6 is 0 Å². The van der Waals surface area contributed by atoms with E-state index >= 15 is 0 Å². The Labute approximate surface area is 229 Å². The third-order valence-corrected chi connectivity index (χ3v) is 8.88. The molecule has 5 rings (SSSR count). The number of nitrogens with zero attached hydrogens (tertiary/aromatic N) is 4. The van der Waals surface area contributed by atoms with Crippen LogP contribution in [0.25, 0.3) is 0 Å². The molecule has 1 aromatic carbocycles. The van der Waals surface area contributed by atoms with Crippen LogP contribution in [0, 0.1) is 0 Å². The van der Waals surface area contributed by atoms with Gasteiger partial charge in [0.25, 0.3) is 0 Å². The van der Waals surface area contributed by atoms with E-state index in [1.165, 1.54) is 36.6 Å². The number of aromatic nitrogens is 1. The topological polar surface area (TPSA) is 51.7 Å². The first kappa shape index (κ1) is 27.7. The van der Waals surface area contributed by atoms with E-state index in [1.54, 1.807) is 0 Å². The molecule has 1 N–H and O–H groups in total. The van der Waals surface area contributed by atoms with E-state index in [4.69, 9.17) is 0 Å². The number of piperidine rings is 1. The van der Waals surface area contributed by atoms with E-state index in [2.05, 4.69) is 51.3 Å². The van der Waals surface area contributed by atoms with Gasteiger partial charge in [-0.1, -0.05) is 19.1 Å². The minimum atomic E-state index is -4.38. The van der Waals surface area contributed by atoms with Gasteiger partial charge in [-0.15, -0.1) is 0 Å². The summed E-state index contributed by atoms with van der Waals surface area (Å²) in [6.45, 7) is 8.59. The summed E-state index contributed by atoms with van der Waals surface area (Å²) in [5, 5.41) is 3.15. The summed E-state index contributed by atoms with van der Waals surface area (Å²) in [4.78, 5) is 23.4. The van der Waals surface area contributed by atoms with Crippen LogP contribution in [0.3, 0.4) is 0 Å². The number of halogens is 3. The van der Waals surface area contributed by atoms with E-state index in [0.29, 0.717) is 30.7 Å². The lowest BCUT2D eigenvalue weighted by atomic mass is 9.93. The Morgan fingerprint density at radius 3 is 2.23 bits per heavy atom. The van der Waals surface area contributed by atoms with Crippen molar-refractivity contribution in [2.75, 3.05) is 55.6 Å². The second-order valence-corrected chi connectivity index (χ2v) is 11.3. The van der Waals surface area contributed by atoms with Gasteiger partial charge in [0.15, 0.2) is 0 Å². The van der Waals surface area contributed by atoms with E-state index in [0.717, 1.165) is 64.2 Å². The summed E-state index contributed by atoms with van der Waals surface area (Å²) >= 11 is 0. The van der Waals surface area contributed by atoms with Gasteiger partial charge < -0.3 is 15.1 Å². The van der Waals surface area contributed by atoms with Crippen LogP contribution in [0.15, 0.2) is 42.6 Å². The van der Waals surface area contributed by atoms with Crippen LogP contribution in [-0.4, -0.2) is 67.6 Å². The summed E-state index contributed by atoms with van der Waals surface area (Å²) in [5.74, 6) is 0.633. The number of anilines is 2. The van der Waals surface area contributed by atoms with Crippen LogP contribution < -0.4 is 15.1 Å². The predicted octanol–water partition coefficient (Wildman–Crippen LogP) is 5.23. The second kappa shape index (κ2) is 11.7. The quantitative estimate of drug-likeness (QED) is 0.470. The minimum absolute atomic E-state index is 0.0837. The first-order chi connectivity index (χ1) is 18.8. The van der Waals surface area contributed by atoms with Crippen molar-refractivity contribution in [1.29, 1.82) is 0 Å². The van der Waals surface area contributed by atoms with E-state index in [9.17, 15) is 18.0 Å². The lowest BCUT2D eigenvalue weighted by Gasteiger charge is -2.36. The number of pyridine rings is 1. The zero-order valence-corrected chi connectivity index (χ0v) is 22.8. The molecule has 3 heterocycles. The zero-order valence-electron chi connectivity index (χ0n) is 22.8. The van der Waals surface area contributed by atoms with Crippen molar-refractivity contribution in [2.45, 2.75) is 69.5 Å². The van der Waals surface area contributed by atoms with Gasteiger partial charge in [0.05, 0.1) is 5.56 Å². The molecule has 2 aliphatic heterocycles. The number of hydrogen-bond acceptors (Lipinski definition) is 5. The highest BCUT2D eigenvalue weighted by Crippen LogP contribution is 2.51. The number of piperazine rings is 1. The summed E-state index contributed by atoms with van der Waals surface area (Å²) in [7, 11) is 0. The molecule has 0 bridgehead atoms. The maximum atomic E-state index is 12.8. The molecule has 212 valence electrons. The van der Waals surface area contributed by atoms with Crippen molar-refractivity contribution in [3.8, 4) is 0 Å². The molecule has 0 atom stereocenters. The summed E-state index contributed by atoms with van der Waals surface area (Å²) < 4.78 is 38.3. The van der Waals surface area contributed by atoms with Crippen molar-refractivity contribution in [3.63, 3.8) is 0 Å². The fraction of sp³-hybridized carbons (Fsp3) is 0.600. The Morgan fingerprint density at radius 1 is 0.974 bits per heavy atom. The molecule has 39 heavy (non-hydrogen) atoms. The number of rotatable bonds is 9. The van der Waals surface area contributed by atoms with Crippen molar-refractivity contribution in [3.05, 3.63) is 53.7 Å². The smallest absolute Gasteiger partial charge is 0.369 e. The van der Waals surface area contributed by atoms with E-state index in [1.807, 2.05) is 4.90 Å². The highest BCUT2D eigenvalue weighted by Gasteiger charge is 2.42. The molecule has 9 heteroatoms. The van der Waals surface area contributed by atoms with Crippen molar-refractivity contribution in [1.82, 2.24) is 15.2 Å². The molecule has 3 aliphatic rings. The Kier molecular flexibility index (Phi) is 8.35. The summed E-state index contributed by atoms with van der Waals surface area (Å²) in [5.41, 5.74) is 2.52. The molecular formula is C30H40F3N5O. The van der Waals surface area contributed by atoms with Crippen molar-refractivity contribution >= 4 is 17.4 Å². The Hall–Kier alpha value is -2.81. The standard InChI is InChI=1S/C30H40F3N5O/c1-2-29(13-14-29)23-5-8-26(9-6-23)37-20-18-36(19-21-37)15-3-4-28(39)35-25-11-16-38(17-12-25)27-10-7-24(22-34-27)30(31,32)33/h5-10,22,25H,2-4,11-21H2,1H3,(H,35,39). The average Bonchev–Trinajstić information content (AvgIpc) is 3.75. The molecule has 6 nitrogen and oxygen atoms in total. The number of benzene rings is 1. The third kappa shape index (κ3) is 6.86. The first-order valence-corrected chi connectivity index (χ1v) is 14.4. The number of carbonyl (C=O) groups is 1. The fourth-order valence-electron chi connectivity index (χ4n) is 6.01. The number of amides is 1. The van der Waals surface area contributed by atoms with E-state index in [-0.39, 0.29) is 11.9 Å². The molecule has 2 aromatic rings. The van der Waals surface area contributed by atoms with Gasteiger partial charge in [-0.05, 0) is 80.3 Å². The third-order valence-electron chi connectivity index (χ3n) is 8.88. The van der Waals surface area contributed by atoms with Crippen molar-refractivity contribution < 1.29 is 18.0 Å². The van der Waals surface area contributed by atoms with Gasteiger partial charge >= 0.3 is 6.18 Å². The highest BCUT2D eigenvalue weighted by molar-refractivity contribution is 5.76.